The maximum absolute atomic E-state index is 11.4. The van der Waals surface area contributed by atoms with Crippen LogP contribution in [0.2, 0.25) is 5.28 Å². The van der Waals surface area contributed by atoms with Crippen LogP contribution in [0.25, 0.3) is 5.95 Å². The number of aromatic nitrogens is 5. The Kier molecular flexibility index (Phi) is 4.14. The van der Waals surface area contributed by atoms with E-state index in [1.54, 1.807) is 12.3 Å². The third-order valence-corrected chi connectivity index (χ3v) is 2.34. The fraction of sp³-hybridized carbons (Fsp3) is 0.364. The van der Waals surface area contributed by atoms with E-state index in [9.17, 15) is 4.79 Å². The molecule has 9 heteroatoms. The van der Waals surface area contributed by atoms with Crippen molar-refractivity contribution in [3.63, 3.8) is 0 Å². The molecule has 1 N–H and O–H groups in total. The molecule has 0 bridgehead atoms. The molecule has 1 amide bonds. The average molecular weight is 297 g/mol. The van der Waals surface area contributed by atoms with Gasteiger partial charge in [-0.05, 0) is 31.5 Å². The zero-order valence-corrected chi connectivity index (χ0v) is 11.9. The van der Waals surface area contributed by atoms with E-state index in [2.05, 4.69) is 25.4 Å². The first-order valence-electron chi connectivity index (χ1n) is 5.86. The van der Waals surface area contributed by atoms with Crippen molar-refractivity contribution in [3.8, 4) is 12.0 Å². The van der Waals surface area contributed by atoms with E-state index in [1.165, 1.54) is 11.7 Å². The predicted octanol–water partition coefficient (Wildman–Crippen LogP) is 0.857. The van der Waals surface area contributed by atoms with Crippen molar-refractivity contribution in [2.45, 2.75) is 20.0 Å². The quantitative estimate of drug-likeness (QED) is 0.899. The monoisotopic (exact) mass is 296 g/mol. The van der Waals surface area contributed by atoms with Gasteiger partial charge >= 0.3 is 6.01 Å². The Bertz CT molecular complexity index is 627. The highest BCUT2D eigenvalue weighted by atomic mass is 35.5. The molecule has 0 saturated heterocycles. The van der Waals surface area contributed by atoms with Crippen molar-refractivity contribution in [3.05, 3.63) is 23.2 Å². The first-order valence-corrected chi connectivity index (χ1v) is 6.23. The molecule has 106 valence electrons. The van der Waals surface area contributed by atoms with Gasteiger partial charge in [-0.15, -0.1) is 0 Å². The van der Waals surface area contributed by atoms with Gasteiger partial charge in [0.1, 0.15) is 0 Å². The molecule has 0 atom stereocenters. The molecule has 0 aromatic carbocycles. The lowest BCUT2D eigenvalue weighted by atomic mass is 10.4. The number of amides is 1. The van der Waals surface area contributed by atoms with E-state index < -0.39 is 0 Å². The third-order valence-electron chi connectivity index (χ3n) is 2.17. The van der Waals surface area contributed by atoms with Crippen LogP contribution < -0.4 is 10.1 Å². The lowest BCUT2D eigenvalue weighted by Gasteiger charge is -2.08. The van der Waals surface area contributed by atoms with Crippen LogP contribution in [0.4, 0.5) is 0 Å². The highest BCUT2D eigenvalue weighted by molar-refractivity contribution is 6.28. The Morgan fingerprint density at radius 1 is 1.40 bits per heavy atom. The highest BCUT2D eigenvalue weighted by Gasteiger charge is 2.13. The van der Waals surface area contributed by atoms with E-state index in [-0.39, 0.29) is 34.9 Å². The fourth-order valence-corrected chi connectivity index (χ4v) is 1.52. The summed E-state index contributed by atoms with van der Waals surface area (Å²) >= 11 is 5.82. The van der Waals surface area contributed by atoms with Gasteiger partial charge in [0.2, 0.25) is 5.28 Å². The summed E-state index contributed by atoms with van der Waals surface area (Å²) in [6.07, 6.45) is 1.45. The van der Waals surface area contributed by atoms with Crippen molar-refractivity contribution >= 4 is 17.5 Å². The number of hydrogen-bond acceptors (Lipinski definition) is 6. The normalized spacial score (nSPS) is 10.7. The number of carbonyl (C=O) groups excluding carboxylic acids is 1. The van der Waals surface area contributed by atoms with Crippen molar-refractivity contribution in [2.75, 3.05) is 7.05 Å². The van der Waals surface area contributed by atoms with Crippen LogP contribution in [0, 0.1) is 0 Å². The van der Waals surface area contributed by atoms with Crippen molar-refractivity contribution < 1.29 is 9.53 Å². The van der Waals surface area contributed by atoms with Crippen LogP contribution in [0.1, 0.15) is 24.3 Å². The Hall–Kier alpha value is -2.22. The van der Waals surface area contributed by atoms with Gasteiger partial charge in [-0.3, -0.25) is 4.79 Å². The number of nitrogens with zero attached hydrogens (tertiary/aromatic N) is 5. The number of halogens is 1. The van der Waals surface area contributed by atoms with Crippen LogP contribution >= 0.6 is 11.6 Å². The molecule has 0 saturated carbocycles. The van der Waals surface area contributed by atoms with Crippen LogP contribution in [0.3, 0.4) is 0 Å². The smallest absolute Gasteiger partial charge is 0.322 e. The van der Waals surface area contributed by atoms with E-state index >= 15 is 0 Å². The molecule has 0 aliphatic carbocycles. The molecule has 2 aromatic heterocycles. The lowest BCUT2D eigenvalue weighted by Crippen LogP contribution is -2.19. The van der Waals surface area contributed by atoms with Crippen molar-refractivity contribution in [2.24, 2.45) is 0 Å². The van der Waals surface area contributed by atoms with Gasteiger partial charge in [0.15, 0.2) is 5.69 Å². The minimum atomic E-state index is -0.303. The first-order chi connectivity index (χ1) is 9.49. The van der Waals surface area contributed by atoms with Gasteiger partial charge in [0.05, 0.1) is 6.10 Å². The minimum Gasteiger partial charge on any atom is -0.461 e. The zero-order valence-electron chi connectivity index (χ0n) is 11.2. The van der Waals surface area contributed by atoms with Crippen LogP contribution in [-0.2, 0) is 0 Å². The molecule has 0 spiro atoms. The molecule has 0 fully saturated rings. The maximum atomic E-state index is 11.4. The summed E-state index contributed by atoms with van der Waals surface area (Å²) in [7, 11) is 1.52. The van der Waals surface area contributed by atoms with Gasteiger partial charge in [0.25, 0.3) is 11.9 Å². The number of nitrogens with one attached hydrogen (secondary N) is 1. The molecule has 0 radical (unpaired) electrons. The Morgan fingerprint density at radius 3 is 2.80 bits per heavy atom. The van der Waals surface area contributed by atoms with Gasteiger partial charge < -0.3 is 10.1 Å². The molecule has 0 unspecified atom stereocenters. The van der Waals surface area contributed by atoms with Gasteiger partial charge in [-0.1, -0.05) is 0 Å². The topological polar surface area (TPSA) is 94.8 Å². The van der Waals surface area contributed by atoms with Crippen LogP contribution in [0.5, 0.6) is 6.01 Å². The van der Waals surface area contributed by atoms with E-state index in [0.29, 0.717) is 0 Å². The van der Waals surface area contributed by atoms with E-state index in [1.807, 2.05) is 13.8 Å². The zero-order chi connectivity index (χ0) is 14.7. The van der Waals surface area contributed by atoms with Crippen molar-refractivity contribution in [1.29, 1.82) is 0 Å². The average Bonchev–Trinajstić information content (AvgIpc) is 2.85. The number of carbonyl (C=O) groups is 1. The SMILES string of the molecule is CNC(=O)c1ccn(-c2nc(Cl)nc(OC(C)C)n2)n1. The van der Waals surface area contributed by atoms with E-state index in [4.69, 9.17) is 16.3 Å². The van der Waals surface area contributed by atoms with E-state index in [0.717, 1.165) is 0 Å². The second-order valence-electron chi connectivity index (χ2n) is 4.08. The lowest BCUT2D eigenvalue weighted by molar-refractivity contribution is 0.0957. The minimum absolute atomic E-state index is 0.0114. The molecular weight excluding hydrogens is 284 g/mol. The molecule has 0 aliphatic heterocycles. The summed E-state index contributed by atoms with van der Waals surface area (Å²) < 4.78 is 6.69. The molecule has 2 rings (SSSR count). The van der Waals surface area contributed by atoms with Gasteiger partial charge in [-0.25, -0.2) is 4.68 Å². The summed E-state index contributed by atoms with van der Waals surface area (Å²) in [4.78, 5) is 23.3. The third kappa shape index (κ3) is 3.21. The van der Waals surface area contributed by atoms with Crippen LogP contribution in [0.15, 0.2) is 12.3 Å². The number of rotatable bonds is 4. The largest absolute Gasteiger partial charge is 0.461 e. The molecule has 2 heterocycles. The molecule has 20 heavy (non-hydrogen) atoms. The fourth-order valence-electron chi connectivity index (χ4n) is 1.37. The molecule has 8 nitrogen and oxygen atoms in total. The second-order valence-corrected chi connectivity index (χ2v) is 4.42. The highest BCUT2D eigenvalue weighted by Crippen LogP contribution is 2.12. The predicted molar refractivity (Wildman–Crippen MR) is 71.1 cm³/mol. The summed E-state index contributed by atoms with van der Waals surface area (Å²) in [5.41, 5.74) is 0.246. The summed E-state index contributed by atoms with van der Waals surface area (Å²) in [6, 6.07) is 1.64. The maximum Gasteiger partial charge on any atom is 0.322 e. The Balaban J connectivity index is 2.34. The Morgan fingerprint density at radius 2 is 2.15 bits per heavy atom. The standard InChI is InChI=1S/C11H13ClN6O2/c1-6(2)20-11-15-9(12)14-10(16-11)18-5-4-7(17-18)8(19)13-3/h4-6H,1-3H3,(H,13,19). The number of hydrogen-bond donors (Lipinski definition) is 1. The van der Waals surface area contributed by atoms with Crippen LogP contribution in [-0.4, -0.2) is 43.8 Å². The number of ether oxygens (including phenoxy) is 1. The summed E-state index contributed by atoms with van der Waals surface area (Å²) in [6.45, 7) is 3.68. The van der Waals surface area contributed by atoms with Gasteiger partial charge in [0, 0.05) is 13.2 Å². The molecule has 2 aromatic rings. The first kappa shape index (κ1) is 14.2. The van der Waals surface area contributed by atoms with Crippen molar-refractivity contribution in [1.82, 2.24) is 30.0 Å². The molecule has 0 aliphatic rings. The Labute approximate surface area is 120 Å². The van der Waals surface area contributed by atoms with Gasteiger partial charge in [-0.2, -0.15) is 20.1 Å². The summed E-state index contributed by atoms with van der Waals surface area (Å²) in [5.74, 6) is -0.127. The second kappa shape index (κ2) is 5.83. The summed E-state index contributed by atoms with van der Waals surface area (Å²) in [5, 5.41) is 6.52. The molecular formula is C11H13ClN6O2.